The highest BCUT2D eigenvalue weighted by Crippen LogP contribution is 2.39. The van der Waals surface area contributed by atoms with Crippen LogP contribution in [0, 0.1) is 11.3 Å². The number of rotatable bonds is 9. The second-order valence-electron chi connectivity index (χ2n) is 11.6. The van der Waals surface area contributed by atoms with E-state index in [-0.39, 0.29) is 30.6 Å². The molecule has 9 heteroatoms. The lowest BCUT2D eigenvalue weighted by Crippen LogP contribution is -2.51. The van der Waals surface area contributed by atoms with Gasteiger partial charge < -0.3 is 25.2 Å². The number of likely N-dealkylation sites (tertiary alicyclic amines) is 1. The second-order valence-corrected chi connectivity index (χ2v) is 11.6. The number of ether oxygens (including phenoxy) is 1. The van der Waals surface area contributed by atoms with Crippen LogP contribution in [-0.4, -0.2) is 64.3 Å². The molecule has 1 aliphatic rings. The normalized spacial score (nSPS) is 16.4. The van der Waals surface area contributed by atoms with Crippen LogP contribution in [0.4, 0.5) is 4.79 Å². The zero-order valence-corrected chi connectivity index (χ0v) is 24.0. The third kappa shape index (κ3) is 6.97. The van der Waals surface area contributed by atoms with Crippen molar-refractivity contribution in [3.8, 4) is 11.1 Å². The maximum Gasteiger partial charge on any atom is 0.410 e. The third-order valence-electron chi connectivity index (χ3n) is 7.57. The fourth-order valence-electron chi connectivity index (χ4n) is 5.44. The van der Waals surface area contributed by atoms with Crippen molar-refractivity contribution in [2.45, 2.75) is 39.2 Å². The van der Waals surface area contributed by atoms with Crippen LogP contribution in [0.15, 0.2) is 78.9 Å². The number of carboxylic acid groups (broad SMARTS) is 2. The molecule has 0 bridgehead atoms. The van der Waals surface area contributed by atoms with E-state index < -0.39 is 40.9 Å². The van der Waals surface area contributed by atoms with Crippen molar-refractivity contribution in [1.82, 2.24) is 10.2 Å². The molecule has 1 heterocycles. The minimum absolute atomic E-state index is 0.0582. The Labute approximate surface area is 245 Å². The fraction of sp³-hybridized carbons (Fsp3) is 0.333. The highest BCUT2D eigenvalue weighted by atomic mass is 16.6. The lowest BCUT2D eigenvalue weighted by molar-refractivity contribution is -0.152. The third-order valence-corrected chi connectivity index (χ3v) is 7.57. The van der Waals surface area contributed by atoms with Crippen LogP contribution >= 0.6 is 0 Å². The van der Waals surface area contributed by atoms with Crippen molar-refractivity contribution in [3.05, 3.63) is 95.6 Å². The Morgan fingerprint density at radius 1 is 0.881 bits per heavy atom. The molecule has 0 aromatic heterocycles. The number of hydrogen-bond acceptors (Lipinski definition) is 5. The van der Waals surface area contributed by atoms with Crippen LogP contribution in [0.25, 0.3) is 11.1 Å². The van der Waals surface area contributed by atoms with Gasteiger partial charge in [0.1, 0.15) is 5.60 Å². The number of aromatic carboxylic acids is 1. The number of carboxylic acids is 2. The molecule has 1 aliphatic heterocycles. The fourth-order valence-corrected chi connectivity index (χ4v) is 5.44. The van der Waals surface area contributed by atoms with E-state index in [1.54, 1.807) is 26.8 Å². The first-order chi connectivity index (χ1) is 19.9. The Bertz CT molecular complexity index is 1460. The van der Waals surface area contributed by atoms with Gasteiger partial charge in [-0.05, 0) is 68.4 Å². The molecule has 2 atom stereocenters. The molecule has 0 aliphatic carbocycles. The maximum atomic E-state index is 13.2. The minimum Gasteiger partial charge on any atom is -0.481 e. The van der Waals surface area contributed by atoms with E-state index in [0.29, 0.717) is 13.0 Å². The van der Waals surface area contributed by atoms with Crippen molar-refractivity contribution >= 4 is 23.9 Å². The number of benzene rings is 3. The van der Waals surface area contributed by atoms with Gasteiger partial charge in [-0.25, -0.2) is 9.59 Å². The molecular weight excluding hydrogens is 536 g/mol. The molecule has 1 fully saturated rings. The van der Waals surface area contributed by atoms with Crippen molar-refractivity contribution in [2.75, 3.05) is 19.6 Å². The second kappa shape index (κ2) is 12.5. The first-order valence-electron chi connectivity index (χ1n) is 13.9. The van der Waals surface area contributed by atoms with E-state index in [4.69, 9.17) is 4.74 Å². The summed E-state index contributed by atoms with van der Waals surface area (Å²) in [6.45, 7) is 5.49. The average Bonchev–Trinajstić information content (AvgIpc) is 3.46. The highest BCUT2D eigenvalue weighted by Gasteiger charge is 2.50. The van der Waals surface area contributed by atoms with E-state index >= 15 is 0 Å². The molecule has 3 aromatic rings. The number of carbonyl (C=O) groups is 4. The minimum atomic E-state index is -1.50. The monoisotopic (exact) mass is 572 g/mol. The van der Waals surface area contributed by atoms with Gasteiger partial charge in [-0.3, -0.25) is 9.59 Å². The SMILES string of the molecule is CC(C)(C)OC(=O)N1CC[C@H]([C@@](CNC(=O)c2ccccc2C(=O)O)(Cc2cccc(-c3ccccc3)c2)C(=O)O)C1. The van der Waals surface area contributed by atoms with Crippen LogP contribution in [0.1, 0.15) is 53.5 Å². The van der Waals surface area contributed by atoms with Gasteiger partial charge in [0.25, 0.3) is 5.91 Å². The maximum absolute atomic E-state index is 13.2. The summed E-state index contributed by atoms with van der Waals surface area (Å²) >= 11 is 0. The van der Waals surface area contributed by atoms with E-state index in [1.165, 1.54) is 23.1 Å². The first kappa shape index (κ1) is 30.3. The van der Waals surface area contributed by atoms with Crippen molar-refractivity contribution in [3.63, 3.8) is 0 Å². The highest BCUT2D eigenvalue weighted by molar-refractivity contribution is 6.04. The molecular formula is C33H36N2O7. The Hall–Kier alpha value is -4.66. The predicted molar refractivity (Wildman–Crippen MR) is 157 cm³/mol. The van der Waals surface area contributed by atoms with E-state index in [9.17, 15) is 29.4 Å². The Balaban J connectivity index is 1.67. The molecule has 0 saturated carbocycles. The summed E-state index contributed by atoms with van der Waals surface area (Å²) in [6.07, 6.45) is -0.0443. The summed E-state index contributed by atoms with van der Waals surface area (Å²) in [5.74, 6) is -3.57. The molecule has 3 N–H and O–H groups in total. The topological polar surface area (TPSA) is 133 Å². The molecule has 220 valence electrons. The van der Waals surface area contributed by atoms with Crippen molar-refractivity contribution < 1.29 is 34.1 Å². The van der Waals surface area contributed by atoms with Crippen LogP contribution < -0.4 is 5.32 Å². The lowest BCUT2D eigenvalue weighted by Gasteiger charge is -2.36. The predicted octanol–water partition coefficient (Wildman–Crippen LogP) is 5.35. The van der Waals surface area contributed by atoms with Gasteiger partial charge in [-0.1, -0.05) is 66.7 Å². The van der Waals surface area contributed by atoms with Crippen LogP contribution in [0.2, 0.25) is 0 Å². The number of aliphatic carboxylic acids is 1. The Kier molecular flexibility index (Phi) is 8.99. The summed E-state index contributed by atoms with van der Waals surface area (Å²) in [6, 6.07) is 23.1. The zero-order chi connectivity index (χ0) is 30.5. The summed E-state index contributed by atoms with van der Waals surface area (Å²) in [5.41, 5.74) is 0.224. The number of carbonyl (C=O) groups excluding carboxylic acids is 2. The first-order valence-corrected chi connectivity index (χ1v) is 13.9. The molecule has 42 heavy (non-hydrogen) atoms. The smallest absolute Gasteiger partial charge is 0.410 e. The molecule has 3 aromatic carbocycles. The number of amides is 2. The van der Waals surface area contributed by atoms with Gasteiger partial charge >= 0.3 is 18.0 Å². The Morgan fingerprint density at radius 2 is 1.52 bits per heavy atom. The Morgan fingerprint density at radius 3 is 2.17 bits per heavy atom. The summed E-state index contributed by atoms with van der Waals surface area (Å²) in [7, 11) is 0. The molecule has 0 radical (unpaired) electrons. The largest absolute Gasteiger partial charge is 0.481 e. The average molecular weight is 573 g/mol. The quantitative estimate of drug-likeness (QED) is 0.315. The molecule has 9 nitrogen and oxygen atoms in total. The summed E-state index contributed by atoms with van der Waals surface area (Å²) in [4.78, 5) is 52.5. The number of hydrogen-bond donors (Lipinski definition) is 3. The number of nitrogens with one attached hydrogen (secondary N) is 1. The molecule has 0 unspecified atom stereocenters. The summed E-state index contributed by atoms with van der Waals surface area (Å²) < 4.78 is 5.53. The van der Waals surface area contributed by atoms with Crippen LogP contribution in [0.3, 0.4) is 0 Å². The van der Waals surface area contributed by atoms with E-state index in [0.717, 1.165) is 16.7 Å². The van der Waals surface area contributed by atoms with Crippen LogP contribution in [-0.2, 0) is 16.0 Å². The van der Waals surface area contributed by atoms with Gasteiger partial charge in [-0.2, -0.15) is 0 Å². The van der Waals surface area contributed by atoms with Gasteiger partial charge in [0.15, 0.2) is 0 Å². The summed E-state index contributed by atoms with van der Waals surface area (Å²) in [5, 5.41) is 23.1. The van der Waals surface area contributed by atoms with E-state index in [2.05, 4.69) is 5.32 Å². The van der Waals surface area contributed by atoms with Crippen molar-refractivity contribution in [1.29, 1.82) is 0 Å². The van der Waals surface area contributed by atoms with Gasteiger partial charge in [-0.15, -0.1) is 0 Å². The standard InChI is InChI=1S/C33H36N2O7/c1-32(2,3)42-31(41)35-17-16-25(20-35)33(30(39)40,21-34-28(36)26-14-7-8-15-27(26)29(37)38)19-22-10-9-13-24(18-22)23-11-5-4-6-12-23/h4-15,18,25H,16-17,19-21H2,1-3H3,(H,34,36)(H,37,38)(H,39,40)/t25-,33-/m0/s1. The molecule has 1 saturated heterocycles. The molecule has 2 amide bonds. The molecule has 0 spiro atoms. The van der Waals surface area contributed by atoms with Gasteiger partial charge in [0, 0.05) is 19.6 Å². The lowest BCUT2D eigenvalue weighted by atomic mass is 9.70. The number of nitrogens with zero attached hydrogens (tertiary/aromatic N) is 1. The van der Waals surface area contributed by atoms with E-state index in [1.807, 2.05) is 54.6 Å². The van der Waals surface area contributed by atoms with Gasteiger partial charge in [0.05, 0.1) is 16.5 Å². The van der Waals surface area contributed by atoms with Crippen molar-refractivity contribution in [2.24, 2.45) is 11.3 Å². The molecule has 4 rings (SSSR count). The van der Waals surface area contributed by atoms with Crippen LogP contribution in [0.5, 0.6) is 0 Å². The van der Waals surface area contributed by atoms with Gasteiger partial charge in [0.2, 0.25) is 0 Å². The zero-order valence-electron chi connectivity index (χ0n) is 24.0.